The van der Waals surface area contributed by atoms with Crippen LogP contribution in [0.25, 0.3) is 11.5 Å². The van der Waals surface area contributed by atoms with E-state index in [4.69, 9.17) is 9.15 Å². The van der Waals surface area contributed by atoms with E-state index in [1.807, 2.05) is 48.0 Å². The highest BCUT2D eigenvalue weighted by Crippen LogP contribution is 2.24. The Morgan fingerprint density at radius 2 is 2.04 bits per heavy atom. The van der Waals surface area contributed by atoms with Crippen LogP contribution < -0.4 is 4.74 Å². The lowest BCUT2D eigenvalue weighted by Gasteiger charge is -2.06. The molecule has 0 saturated carbocycles. The molecule has 0 amide bonds. The maximum Gasteiger partial charge on any atom is 0.342 e. The summed E-state index contributed by atoms with van der Waals surface area (Å²) in [6.45, 7) is 4.32. The van der Waals surface area contributed by atoms with Gasteiger partial charge in [-0.05, 0) is 49.4 Å². The number of oxazole rings is 1. The van der Waals surface area contributed by atoms with Crippen LogP contribution in [0.5, 0.6) is 5.75 Å². The molecule has 0 aliphatic rings. The van der Waals surface area contributed by atoms with Crippen molar-refractivity contribution in [3.63, 3.8) is 0 Å². The van der Waals surface area contributed by atoms with Crippen LogP contribution in [0, 0.1) is 6.92 Å². The first kappa shape index (κ1) is 19.1. The van der Waals surface area contributed by atoms with Crippen LogP contribution in [0.1, 0.15) is 30.4 Å². The second-order valence-corrected chi connectivity index (χ2v) is 6.61. The van der Waals surface area contributed by atoms with Gasteiger partial charge in [0.1, 0.15) is 23.8 Å². The molecule has 3 aromatic rings. The largest absolute Gasteiger partial charge is 0.487 e. The maximum atomic E-state index is 11.4. The van der Waals surface area contributed by atoms with Gasteiger partial charge in [0.05, 0.1) is 13.0 Å². The fourth-order valence-corrected chi connectivity index (χ4v) is 3.02. The van der Waals surface area contributed by atoms with Crippen LogP contribution >= 0.6 is 11.3 Å². The number of carbonyl (C=O) groups excluding carboxylic acids is 1. The van der Waals surface area contributed by atoms with Crippen molar-refractivity contribution in [2.75, 3.05) is 6.61 Å². The van der Waals surface area contributed by atoms with Gasteiger partial charge < -0.3 is 9.15 Å². The number of thiophene rings is 1. The van der Waals surface area contributed by atoms with Crippen LogP contribution in [0.2, 0.25) is 0 Å². The van der Waals surface area contributed by atoms with Crippen LogP contribution in [-0.4, -0.2) is 17.6 Å². The Balaban J connectivity index is 1.51. The van der Waals surface area contributed by atoms with E-state index >= 15 is 0 Å². The van der Waals surface area contributed by atoms with E-state index in [9.17, 15) is 4.79 Å². The fraction of sp³-hybridized carbons (Fsp3) is 0.300. The highest BCUT2D eigenvalue weighted by atomic mass is 32.1. The Bertz CT molecular complexity index is 855. The highest BCUT2D eigenvalue weighted by Gasteiger charge is 2.12. The summed E-state index contributed by atoms with van der Waals surface area (Å²) >= 11 is 1.60. The van der Waals surface area contributed by atoms with Crippen molar-refractivity contribution in [3.05, 3.63) is 58.1 Å². The van der Waals surface area contributed by atoms with Gasteiger partial charge in [-0.25, -0.2) is 9.78 Å². The van der Waals surface area contributed by atoms with Crippen molar-refractivity contribution in [3.8, 4) is 17.2 Å². The molecule has 0 aliphatic heterocycles. The normalized spacial score (nSPS) is 10.7. The number of carbonyl (C=O) groups is 1. The Hall–Kier alpha value is -2.64. The van der Waals surface area contributed by atoms with E-state index in [1.54, 1.807) is 18.3 Å². The van der Waals surface area contributed by atoms with Crippen LogP contribution in [0.15, 0.2) is 45.5 Å². The zero-order valence-electron chi connectivity index (χ0n) is 15.3. The minimum atomic E-state index is -0.375. The summed E-state index contributed by atoms with van der Waals surface area (Å²) in [5, 5.41) is 3.99. The van der Waals surface area contributed by atoms with Crippen molar-refractivity contribution in [2.24, 2.45) is 0 Å². The number of aromatic nitrogens is 1. The molecule has 0 atom stereocenters. The number of hydrogen-bond donors (Lipinski definition) is 0. The number of rotatable bonds is 9. The first-order valence-electron chi connectivity index (χ1n) is 8.68. The zero-order chi connectivity index (χ0) is 19.1. The summed E-state index contributed by atoms with van der Waals surface area (Å²) in [5.41, 5.74) is 2.77. The molecule has 7 heteroatoms. The van der Waals surface area contributed by atoms with Crippen molar-refractivity contribution < 1.29 is 23.7 Å². The SMILES string of the molecule is CCOOC(=O)CCc1ccc(OCc2nc(-c3ccsc3)oc2C)cc1. The fourth-order valence-electron chi connectivity index (χ4n) is 2.39. The van der Waals surface area contributed by atoms with Gasteiger partial charge in [0, 0.05) is 10.9 Å². The molecule has 0 unspecified atom stereocenters. The third-order valence-electron chi connectivity index (χ3n) is 3.85. The van der Waals surface area contributed by atoms with Gasteiger partial charge in [-0.15, -0.1) is 0 Å². The third-order valence-corrected chi connectivity index (χ3v) is 4.53. The Morgan fingerprint density at radius 3 is 2.74 bits per heavy atom. The molecule has 6 nitrogen and oxygen atoms in total. The number of ether oxygens (including phenoxy) is 1. The monoisotopic (exact) mass is 387 g/mol. The molecular weight excluding hydrogens is 366 g/mol. The van der Waals surface area contributed by atoms with Gasteiger partial charge >= 0.3 is 5.97 Å². The molecule has 0 spiro atoms. The Kier molecular flexibility index (Phi) is 6.62. The van der Waals surface area contributed by atoms with Crippen molar-refractivity contribution in [2.45, 2.75) is 33.3 Å². The summed E-state index contributed by atoms with van der Waals surface area (Å²) in [4.78, 5) is 25.2. The summed E-state index contributed by atoms with van der Waals surface area (Å²) < 4.78 is 11.5. The Morgan fingerprint density at radius 1 is 1.22 bits per heavy atom. The van der Waals surface area contributed by atoms with Crippen LogP contribution in [-0.2, 0) is 27.6 Å². The van der Waals surface area contributed by atoms with E-state index in [0.29, 0.717) is 25.5 Å². The van der Waals surface area contributed by atoms with E-state index < -0.39 is 0 Å². The predicted octanol–water partition coefficient (Wildman–Crippen LogP) is 4.72. The standard InChI is InChI=1S/C20H21NO5S/c1-3-24-26-19(22)9-6-15-4-7-17(8-5-15)23-12-18-14(2)25-20(21-18)16-10-11-27-13-16/h4-5,7-8,10-11,13H,3,6,9,12H2,1-2H3. The van der Waals surface area contributed by atoms with Gasteiger partial charge in [-0.3, -0.25) is 4.89 Å². The van der Waals surface area contributed by atoms with Crippen molar-refractivity contribution in [1.29, 1.82) is 0 Å². The minimum absolute atomic E-state index is 0.268. The van der Waals surface area contributed by atoms with E-state index in [0.717, 1.165) is 28.3 Å². The average Bonchev–Trinajstić information content (AvgIpc) is 3.33. The molecule has 142 valence electrons. The number of nitrogens with zero attached hydrogens (tertiary/aromatic N) is 1. The molecule has 1 aromatic carbocycles. The quantitative estimate of drug-likeness (QED) is 0.391. The van der Waals surface area contributed by atoms with Gasteiger partial charge in [-0.2, -0.15) is 16.2 Å². The smallest absolute Gasteiger partial charge is 0.342 e. The number of aryl methyl sites for hydroxylation is 2. The molecule has 3 rings (SSSR count). The highest BCUT2D eigenvalue weighted by molar-refractivity contribution is 7.08. The summed E-state index contributed by atoms with van der Waals surface area (Å²) in [6, 6.07) is 9.58. The minimum Gasteiger partial charge on any atom is -0.487 e. The van der Waals surface area contributed by atoms with Gasteiger partial charge in [0.25, 0.3) is 0 Å². The lowest BCUT2D eigenvalue weighted by Crippen LogP contribution is -2.06. The molecule has 27 heavy (non-hydrogen) atoms. The lowest BCUT2D eigenvalue weighted by molar-refractivity contribution is -0.269. The van der Waals surface area contributed by atoms with E-state index in [1.165, 1.54) is 0 Å². The maximum absolute atomic E-state index is 11.4. The van der Waals surface area contributed by atoms with E-state index in [2.05, 4.69) is 14.8 Å². The van der Waals surface area contributed by atoms with E-state index in [-0.39, 0.29) is 12.4 Å². The second-order valence-electron chi connectivity index (χ2n) is 5.83. The molecule has 0 bridgehead atoms. The molecular formula is C20H21NO5S. The molecule has 0 aliphatic carbocycles. The number of hydrogen-bond acceptors (Lipinski definition) is 7. The molecule has 0 radical (unpaired) electrons. The molecule has 0 N–H and O–H groups in total. The first-order chi connectivity index (χ1) is 13.2. The van der Waals surface area contributed by atoms with Gasteiger partial charge in [0.2, 0.25) is 5.89 Å². The van der Waals surface area contributed by atoms with Gasteiger partial charge in [0.15, 0.2) is 0 Å². The number of benzene rings is 1. The average molecular weight is 387 g/mol. The Labute approximate surface area is 161 Å². The van der Waals surface area contributed by atoms with Crippen molar-refractivity contribution >= 4 is 17.3 Å². The predicted molar refractivity (Wildman–Crippen MR) is 101 cm³/mol. The molecule has 0 saturated heterocycles. The third kappa shape index (κ3) is 5.42. The zero-order valence-corrected chi connectivity index (χ0v) is 16.1. The lowest BCUT2D eigenvalue weighted by atomic mass is 10.1. The van der Waals surface area contributed by atoms with Gasteiger partial charge in [-0.1, -0.05) is 12.1 Å². The van der Waals surface area contributed by atoms with Crippen LogP contribution in [0.4, 0.5) is 0 Å². The first-order valence-corrected chi connectivity index (χ1v) is 9.63. The molecule has 2 aromatic heterocycles. The van der Waals surface area contributed by atoms with Crippen molar-refractivity contribution in [1.82, 2.24) is 4.98 Å². The van der Waals surface area contributed by atoms with Crippen LogP contribution in [0.3, 0.4) is 0 Å². The second kappa shape index (κ2) is 9.34. The molecule has 0 fully saturated rings. The molecule has 2 heterocycles. The summed E-state index contributed by atoms with van der Waals surface area (Å²) in [6.07, 6.45) is 0.849. The summed E-state index contributed by atoms with van der Waals surface area (Å²) in [5.74, 6) is 1.72. The summed E-state index contributed by atoms with van der Waals surface area (Å²) in [7, 11) is 0. The topological polar surface area (TPSA) is 70.8 Å².